The van der Waals surface area contributed by atoms with Crippen LogP contribution in [0, 0.1) is 0 Å². The van der Waals surface area contributed by atoms with Crippen molar-refractivity contribution >= 4 is 11.8 Å². The first-order chi connectivity index (χ1) is 14.5. The van der Waals surface area contributed by atoms with Gasteiger partial charge in [0.15, 0.2) is 0 Å². The van der Waals surface area contributed by atoms with Crippen molar-refractivity contribution in [2.75, 3.05) is 25.0 Å². The van der Waals surface area contributed by atoms with E-state index in [1.165, 1.54) is 12.3 Å². The minimum Gasteiger partial charge on any atom is -0.368 e. The van der Waals surface area contributed by atoms with Crippen molar-refractivity contribution in [1.82, 2.24) is 15.6 Å². The average molecular weight is 450 g/mol. The number of nitrogens with one attached hydrogen (secondary N) is 3. The van der Waals surface area contributed by atoms with Gasteiger partial charge in [-0.05, 0) is 23.3 Å². The number of hydrogen-bond acceptors (Lipinski definition) is 4. The summed E-state index contributed by atoms with van der Waals surface area (Å²) < 4.78 is 79.3. The molecule has 0 radical (unpaired) electrons. The predicted octanol–water partition coefficient (Wildman–Crippen LogP) is 4.09. The first-order valence-corrected chi connectivity index (χ1v) is 9.05. The fraction of sp³-hybridized carbons (Fsp3) is 0.368. The van der Waals surface area contributed by atoms with Gasteiger partial charge in [0.1, 0.15) is 12.4 Å². The molecule has 0 spiro atoms. The zero-order valence-electron chi connectivity index (χ0n) is 16.1. The van der Waals surface area contributed by atoms with Crippen molar-refractivity contribution in [2.24, 2.45) is 0 Å². The van der Waals surface area contributed by atoms with Crippen LogP contribution in [0.4, 0.5) is 37.0 Å². The number of hydrogen-bond donors (Lipinski definition) is 3. The molecule has 3 N–H and O–H groups in total. The lowest BCUT2D eigenvalue weighted by Gasteiger charge is -2.13. The van der Waals surface area contributed by atoms with E-state index in [0.717, 1.165) is 6.07 Å². The number of halogens is 6. The summed E-state index contributed by atoms with van der Waals surface area (Å²) in [6, 6.07) is 7.99. The highest BCUT2D eigenvalue weighted by Crippen LogP contribution is 2.33. The number of carbonyl (C=O) groups excluding carboxylic acids is 1. The van der Waals surface area contributed by atoms with E-state index < -0.39 is 30.6 Å². The monoisotopic (exact) mass is 450 g/mol. The molecular formula is C19H20F6N4O2. The molecule has 2 rings (SSSR count). The van der Waals surface area contributed by atoms with E-state index in [4.69, 9.17) is 0 Å². The number of pyridine rings is 1. The Morgan fingerprint density at radius 1 is 0.935 bits per heavy atom. The van der Waals surface area contributed by atoms with Gasteiger partial charge in [-0.2, -0.15) is 26.3 Å². The summed E-state index contributed by atoms with van der Waals surface area (Å²) in [5.74, 6) is -0.323. The van der Waals surface area contributed by atoms with Gasteiger partial charge >= 0.3 is 18.4 Å². The second-order valence-corrected chi connectivity index (χ2v) is 6.36. The first-order valence-electron chi connectivity index (χ1n) is 9.05. The molecule has 0 aliphatic heterocycles. The molecule has 31 heavy (non-hydrogen) atoms. The Labute approximate surface area is 174 Å². The van der Waals surface area contributed by atoms with Gasteiger partial charge in [-0.3, -0.25) is 0 Å². The summed E-state index contributed by atoms with van der Waals surface area (Å²) in [7, 11) is 0. The highest BCUT2D eigenvalue weighted by atomic mass is 19.4. The maximum absolute atomic E-state index is 12.9. The van der Waals surface area contributed by atoms with E-state index in [0.29, 0.717) is 11.1 Å². The number of carbonyl (C=O) groups is 1. The molecule has 1 aromatic heterocycles. The predicted molar refractivity (Wildman–Crippen MR) is 100 cm³/mol. The third-order valence-electron chi connectivity index (χ3n) is 3.83. The fourth-order valence-electron chi connectivity index (χ4n) is 2.41. The number of ether oxygens (including phenoxy) is 1. The van der Waals surface area contributed by atoms with E-state index in [2.05, 4.69) is 25.7 Å². The quantitative estimate of drug-likeness (QED) is 0.398. The van der Waals surface area contributed by atoms with Crippen LogP contribution in [0.3, 0.4) is 0 Å². The number of amides is 2. The first kappa shape index (κ1) is 24.3. The summed E-state index contributed by atoms with van der Waals surface area (Å²) in [4.78, 5) is 15.4. The van der Waals surface area contributed by atoms with Crippen LogP contribution >= 0.6 is 0 Å². The highest BCUT2D eigenvalue weighted by molar-refractivity contribution is 5.73. The average Bonchev–Trinajstić information content (AvgIpc) is 2.69. The molecule has 1 aromatic carbocycles. The summed E-state index contributed by atoms with van der Waals surface area (Å²) in [6.07, 6.45) is -7.70. The summed E-state index contributed by atoms with van der Waals surface area (Å²) in [5, 5.41) is 7.57. The molecule has 0 aliphatic rings. The normalized spacial score (nSPS) is 11.8. The van der Waals surface area contributed by atoms with Crippen molar-refractivity contribution in [3.05, 3.63) is 59.3 Å². The number of anilines is 1. The van der Waals surface area contributed by atoms with Crippen molar-refractivity contribution in [3.8, 4) is 0 Å². The van der Waals surface area contributed by atoms with Gasteiger partial charge in [0.25, 0.3) is 0 Å². The fourth-order valence-corrected chi connectivity index (χ4v) is 2.41. The van der Waals surface area contributed by atoms with Crippen LogP contribution in [0.15, 0.2) is 42.6 Å². The summed E-state index contributed by atoms with van der Waals surface area (Å²) in [5.41, 5.74) is 0.360. The van der Waals surface area contributed by atoms with Gasteiger partial charge in [0.2, 0.25) is 0 Å². The molecular weight excluding hydrogens is 430 g/mol. The Hall–Kier alpha value is -3.02. The third kappa shape index (κ3) is 9.11. The minimum atomic E-state index is -4.54. The number of benzene rings is 1. The standard InChI is InChI=1S/C19H20F6N4O2/c20-18(21,22)12-31-11-14-5-3-13(4-6-14)10-29-17(30)28-9-8-27-16-15(19(23,24)25)2-1-7-26-16/h1-7H,8-12H2,(H,26,27)(H2,28,29,30). The molecule has 0 fully saturated rings. The molecule has 0 aliphatic carbocycles. The number of alkyl halides is 6. The zero-order chi connectivity index (χ0) is 22.9. The second kappa shape index (κ2) is 10.8. The van der Waals surface area contributed by atoms with E-state index >= 15 is 0 Å². The molecule has 170 valence electrons. The van der Waals surface area contributed by atoms with Crippen molar-refractivity contribution in [2.45, 2.75) is 25.5 Å². The lowest BCUT2D eigenvalue weighted by molar-refractivity contribution is -0.176. The van der Waals surface area contributed by atoms with Gasteiger partial charge in [-0.15, -0.1) is 0 Å². The lowest BCUT2D eigenvalue weighted by atomic mass is 10.1. The van der Waals surface area contributed by atoms with Crippen LogP contribution in [0.2, 0.25) is 0 Å². The molecule has 0 atom stereocenters. The molecule has 12 heteroatoms. The van der Waals surface area contributed by atoms with Gasteiger partial charge in [-0.25, -0.2) is 9.78 Å². The largest absolute Gasteiger partial charge is 0.419 e. The van der Waals surface area contributed by atoms with E-state index in [9.17, 15) is 31.1 Å². The van der Waals surface area contributed by atoms with E-state index in [1.54, 1.807) is 24.3 Å². The number of urea groups is 1. The minimum absolute atomic E-state index is 0.0279. The van der Waals surface area contributed by atoms with Gasteiger partial charge in [0, 0.05) is 25.8 Å². The molecule has 1 heterocycles. The molecule has 6 nitrogen and oxygen atoms in total. The Bertz CT molecular complexity index is 841. The van der Waals surface area contributed by atoms with Crippen molar-refractivity contribution in [1.29, 1.82) is 0 Å². The lowest BCUT2D eigenvalue weighted by Crippen LogP contribution is -2.37. The molecule has 0 bridgehead atoms. The van der Waals surface area contributed by atoms with Crippen LogP contribution in [0.25, 0.3) is 0 Å². The Morgan fingerprint density at radius 2 is 1.61 bits per heavy atom. The topological polar surface area (TPSA) is 75.3 Å². The molecule has 0 unspecified atom stereocenters. The molecule has 2 amide bonds. The van der Waals surface area contributed by atoms with Crippen molar-refractivity contribution in [3.63, 3.8) is 0 Å². The third-order valence-corrected chi connectivity index (χ3v) is 3.83. The summed E-state index contributed by atoms with van der Waals surface area (Å²) in [6.45, 7) is -1.28. The van der Waals surface area contributed by atoms with Crippen LogP contribution in [-0.4, -0.2) is 36.9 Å². The van der Waals surface area contributed by atoms with Gasteiger partial charge < -0.3 is 20.7 Å². The Kier molecular flexibility index (Phi) is 8.48. The Morgan fingerprint density at radius 3 is 2.26 bits per heavy atom. The van der Waals surface area contributed by atoms with Gasteiger partial charge in [0.05, 0.1) is 12.2 Å². The van der Waals surface area contributed by atoms with Crippen molar-refractivity contribution < 1.29 is 35.9 Å². The van der Waals surface area contributed by atoms with E-state index in [1.807, 2.05) is 0 Å². The highest BCUT2D eigenvalue weighted by Gasteiger charge is 2.33. The number of aromatic nitrogens is 1. The van der Waals surface area contributed by atoms with Crippen LogP contribution < -0.4 is 16.0 Å². The molecule has 0 saturated carbocycles. The smallest absolute Gasteiger partial charge is 0.368 e. The number of rotatable bonds is 9. The SMILES string of the molecule is O=C(NCCNc1ncccc1C(F)(F)F)NCc1ccc(COCC(F)(F)F)cc1. The Balaban J connectivity index is 1.67. The van der Waals surface area contributed by atoms with Crippen LogP contribution in [-0.2, 0) is 24.1 Å². The van der Waals surface area contributed by atoms with Crippen LogP contribution in [0.1, 0.15) is 16.7 Å². The molecule has 0 saturated heterocycles. The van der Waals surface area contributed by atoms with Gasteiger partial charge in [-0.1, -0.05) is 24.3 Å². The summed E-state index contributed by atoms with van der Waals surface area (Å²) >= 11 is 0. The molecule has 2 aromatic rings. The zero-order valence-corrected chi connectivity index (χ0v) is 16.1. The maximum Gasteiger partial charge on any atom is 0.419 e. The second-order valence-electron chi connectivity index (χ2n) is 6.36. The maximum atomic E-state index is 12.9. The van der Waals surface area contributed by atoms with E-state index in [-0.39, 0.29) is 32.1 Å². The van der Waals surface area contributed by atoms with Crippen LogP contribution in [0.5, 0.6) is 0 Å². The number of nitrogens with zero attached hydrogens (tertiary/aromatic N) is 1.